The van der Waals surface area contributed by atoms with Crippen molar-refractivity contribution in [2.75, 3.05) is 6.26 Å². The van der Waals surface area contributed by atoms with Crippen LogP contribution in [0.15, 0.2) is 23.1 Å². The van der Waals surface area contributed by atoms with Gasteiger partial charge in [0, 0.05) is 19.1 Å². The van der Waals surface area contributed by atoms with Crippen LogP contribution in [0, 0.1) is 16.0 Å². The summed E-state index contributed by atoms with van der Waals surface area (Å²) in [6.07, 6.45) is 1.21. The Hall–Kier alpha value is -2.42. The lowest BCUT2D eigenvalue weighted by atomic mass is 9.81. The molecule has 1 aliphatic rings. The fraction of sp³-hybridized carbons (Fsp3) is 0.357. The van der Waals surface area contributed by atoms with Gasteiger partial charge in [-0.3, -0.25) is 24.5 Å². The maximum Gasteiger partial charge on any atom is 0.298 e. The zero-order valence-corrected chi connectivity index (χ0v) is 13.0. The maximum atomic E-state index is 12.5. The Morgan fingerprint density at radius 3 is 2.26 bits per heavy atom. The fourth-order valence-corrected chi connectivity index (χ4v) is 3.42. The second-order valence-electron chi connectivity index (χ2n) is 5.27. The number of hydrogen-bond donors (Lipinski definition) is 0. The van der Waals surface area contributed by atoms with Crippen LogP contribution in [0.4, 0.5) is 5.69 Å². The second-order valence-corrected chi connectivity index (χ2v) is 7.25. The van der Waals surface area contributed by atoms with Gasteiger partial charge in [-0.1, -0.05) is 6.07 Å². The second kappa shape index (κ2) is 5.99. The van der Waals surface area contributed by atoms with Crippen LogP contribution >= 0.6 is 0 Å². The molecule has 0 bridgehead atoms. The minimum absolute atomic E-state index is 0.0434. The maximum absolute atomic E-state index is 12.5. The van der Waals surface area contributed by atoms with Gasteiger partial charge in [-0.15, -0.1) is 0 Å². The molecule has 0 atom stereocenters. The Balaban J connectivity index is 2.64. The fourth-order valence-electron chi connectivity index (χ4n) is 2.56. The van der Waals surface area contributed by atoms with Gasteiger partial charge < -0.3 is 0 Å². The van der Waals surface area contributed by atoms with E-state index >= 15 is 0 Å². The van der Waals surface area contributed by atoms with Crippen LogP contribution in [0.1, 0.15) is 29.6 Å². The van der Waals surface area contributed by atoms with E-state index in [0.717, 1.165) is 18.4 Å². The van der Waals surface area contributed by atoms with Crippen molar-refractivity contribution in [1.82, 2.24) is 0 Å². The number of nitro groups is 1. The Bertz CT molecular complexity index is 810. The van der Waals surface area contributed by atoms with E-state index in [0.29, 0.717) is 6.42 Å². The SMILES string of the molecule is CS(=O)(=O)c1cccc(C(=O)C2C(=O)CCCC2=O)c1[N+](=O)[O-]. The van der Waals surface area contributed by atoms with Crippen molar-refractivity contribution in [1.29, 1.82) is 0 Å². The van der Waals surface area contributed by atoms with Crippen LogP contribution in [0.5, 0.6) is 0 Å². The third-order valence-corrected chi connectivity index (χ3v) is 4.73. The summed E-state index contributed by atoms with van der Waals surface area (Å²) in [5.74, 6) is -3.79. The summed E-state index contributed by atoms with van der Waals surface area (Å²) in [6, 6.07) is 3.24. The summed E-state index contributed by atoms with van der Waals surface area (Å²) in [4.78, 5) is 45.8. The molecular formula is C14H13NO7S. The molecule has 0 N–H and O–H groups in total. The third kappa shape index (κ3) is 3.19. The number of nitro benzene ring substituents is 1. The summed E-state index contributed by atoms with van der Waals surface area (Å²) >= 11 is 0. The highest BCUT2D eigenvalue weighted by Gasteiger charge is 2.40. The molecule has 0 aliphatic heterocycles. The van der Waals surface area contributed by atoms with E-state index < -0.39 is 54.2 Å². The number of sulfone groups is 1. The van der Waals surface area contributed by atoms with Gasteiger partial charge in [0.15, 0.2) is 27.2 Å². The molecule has 0 heterocycles. The number of carbonyl (C=O) groups excluding carboxylic acids is 3. The number of Topliss-reactive ketones (excluding diaryl/α,β-unsaturated/α-hetero) is 3. The van der Waals surface area contributed by atoms with E-state index in [1.165, 1.54) is 6.07 Å². The molecular weight excluding hydrogens is 326 g/mol. The molecule has 1 aromatic rings. The first-order valence-corrected chi connectivity index (χ1v) is 8.61. The first-order valence-electron chi connectivity index (χ1n) is 6.71. The Morgan fingerprint density at radius 1 is 1.22 bits per heavy atom. The summed E-state index contributed by atoms with van der Waals surface area (Å²) in [5, 5.41) is 11.3. The zero-order valence-electron chi connectivity index (χ0n) is 12.1. The van der Waals surface area contributed by atoms with E-state index in [1.54, 1.807) is 0 Å². The van der Waals surface area contributed by atoms with E-state index in [2.05, 4.69) is 0 Å². The van der Waals surface area contributed by atoms with Gasteiger partial charge in [-0.25, -0.2) is 8.42 Å². The number of carbonyl (C=O) groups is 3. The van der Waals surface area contributed by atoms with Crippen LogP contribution in [0.3, 0.4) is 0 Å². The molecule has 0 amide bonds. The summed E-state index contributed by atoms with van der Waals surface area (Å²) < 4.78 is 23.4. The molecule has 0 saturated heterocycles. The molecule has 1 aromatic carbocycles. The summed E-state index contributed by atoms with van der Waals surface area (Å²) in [6.45, 7) is 0. The molecule has 9 heteroatoms. The number of hydrogen-bond acceptors (Lipinski definition) is 7. The van der Waals surface area contributed by atoms with Gasteiger partial charge in [-0.2, -0.15) is 0 Å². The molecule has 8 nitrogen and oxygen atoms in total. The van der Waals surface area contributed by atoms with E-state index in [-0.39, 0.29) is 12.8 Å². The molecule has 0 unspecified atom stereocenters. The molecule has 1 fully saturated rings. The van der Waals surface area contributed by atoms with Crippen molar-refractivity contribution >= 4 is 32.9 Å². The molecule has 2 rings (SSSR count). The predicted octanol–water partition coefficient (Wildman–Crippen LogP) is 1.12. The van der Waals surface area contributed by atoms with Crippen LogP contribution in [-0.2, 0) is 19.4 Å². The summed E-state index contributed by atoms with van der Waals surface area (Å²) in [5.41, 5.74) is -1.43. The highest BCUT2D eigenvalue weighted by atomic mass is 32.2. The molecule has 23 heavy (non-hydrogen) atoms. The minimum atomic E-state index is -3.96. The van der Waals surface area contributed by atoms with Crippen LogP contribution < -0.4 is 0 Å². The van der Waals surface area contributed by atoms with Gasteiger partial charge in [-0.05, 0) is 18.6 Å². The average molecular weight is 339 g/mol. The molecule has 0 spiro atoms. The van der Waals surface area contributed by atoms with Crippen molar-refractivity contribution in [2.45, 2.75) is 24.2 Å². The van der Waals surface area contributed by atoms with E-state index in [1.807, 2.05) is 0 Å². The Labute approximate surface area is 131 Å². The first-order chi connectivity index (χ1) is 10.6. The smallest absolute Gasteiger partial charge is 0.298 e. The van der Waals surface area contributed by atoms with Crippen molar-refractivity contribution in [3.63, 3.8) is 0 Å². The largest absolute Gasteiger partial charge is 0.298 e. The topological polar surface area (TPSA) is 128 Å². The monoisotopic (exact) mass is 339 g/mol. The van der Waals surface area contributed by atoms with E-state index in [4.69, 9.17) is 0 Å². The van der Waals surface area contributed by atoms with Gasteiger partial charge in [0.25, 0.3) is 5.69 Å². The highest BCUT2D eigenvalue weighted by Crippen LogP contribution is 2.31. The Morgan fingerprint density at radius 2 is 1.78 bits per heavy atom. The Kier molecular flexibility index (Phi) is 4.42. The zero-order chi connectivity index (χ0) is 17.4. The first kappa shape index (κ1) is 16.9. The quantitative estimate of drug-likeness (QED) is 0.348. The number of rotatable bonds is 4. The van der Waals surface area contributed by atoms with Gasteiger partial charge in [0.1, 0.15) is 10.8 Å². The minimum Gasteiger partial charge on any atom is -0.298 e. The lowest BCUT2D eigenvalue weighted by Gasteiger charge is -2.18. The number of para-hydroxylation sites is 1. The number of nitrogens with zero attached hydrogens (tertiary/aromatic N) is 1. The predicted molar refractivity (Wildman–Crippen MR) is 77.9 cm³/mol. The normalized spacial score (nSPS) is 16.4. The molecule has 1 saturated carbocycles. The van der Waals surface area contributed by atoms with Gasteiger partial charge in [0.2, 0.25) is 0 Å². The number of benzene rings is 1. The van der Waals surface area contributed by atoms with Crippen molar-refractivity contribution in [3.05, 3.63) is 33.9 Å². The van der Waals surface area contributed by atoms with E-state index in [9.17, 15) is 32.9 Å². The molecule has 0 aromatic heterocycles. The standard InChI is InChI=1S/C14H13NO7S/c1-23(21,22)11-7-2-4-8(13(11)15(19)20)14(18)12-9(16)5-3-6-10(12)17/h2,4,7,12H,3,5-6H2,1H3. The van der Waals surface area contributed by atoms with Crippen LogP contribution in [-0.4, -0.2) is 36.9 Å². The van der Waals surface area contributed by atoms with Crippen molar-refractivity contribution < 1.29 is 27.7 Å². The summed E-state index contributed by atoms with van der Waals surface area (Å²) in [7, 11) is -3.96. The van der Waals surface area contributed by atoms with Crippen LogP contribution in [0.25, 0.3) is 0 Å². The average Bonchev–Trinajstić information content (AvgIpc) is 2.45. The lowest BCUT2D eigenvalue weighted by Crippen LogP contribution is -2.35. The number of ketones is 3. The van der Waals surface area contributed by atoms with Gasteiger partial charge >= 0.3 is 0 Å². The highest BCUT2D eigenvalue weighted by molar-refractivity contribution is 7.90. The molecule has 122 valence electrons. The van der Waals surface area contributed by atoms with Gasteiger partial charge in [0.05, 0.1) is 10.5 Å². The van der Waals surface area contributed by atoms with Crippen LogP contribution in [0.2, 0.25) is 0 Å². The molecule has 0 radical (unpaired) electrons. The van der Waals surface area contributed by atoms with Crippen molar-refractivity contribution in [3.8, 4) is 0 Å². The third-order valence-electron chi connectivity index (χ3n) is 3.60. The van der Waals surface area contributed by atoms with Crippen molar-refractivity contribution in [2.24, 2.45) is 5.92 Å². The lowest BCUT2D eigenvalue weighted by molar-refractivity contribution is -0.388. The molecule has 1 aliphatic carbocycles.